The Morgan fingerprint density at radius 1 is 1.25 bits per heavy atom. The summed E-state index contributed by atoms with van der Waals surface area (Å²) < 4.78 is 0. The molecule has 2 aliphatic rings. The Labute approximate surface area is 99.1 Å². The average Bonchev–Trinajstić information content (AvgIpc) is 2.79. The maximum absolute atomic E-state index is 6.10. The van der Waals surface area contributed by atoms with Crippen LogP contribution in [0.25, 0.3) is 0 Å². The normalized spacial score (nSPS) is 28.7. The number of guanidine groups is 1. The Hall–Kier alpha value is -0.730. The predicted octanol–water partition coefficient (Wildman–Crippen LogP) is 2.37. The zero-order valence-corrected chi connectivity index (χ0v) is 10.5. The zero-order chi connectivity index (χ0) is 11.4. The molecule has 0 aromatic heterocycles. The third-order valence-corrected chi connectivity index (χ3v) is 4.08. The topological polar surface area (TPSA) is 41.6 Å². The lowest BCUT2D eigenvalue weighted by atomic mass is 9.96. The molecule has 2 fully saturated rings. The fourth-order valence-corrected chi connectivity index (χ4v) is 2.85. The van der Waals surface area contributed by atoms with Gasteiger partial charge in [0.15, 0.2) is 5.96 Å². The second-order valence-electron chi connectivity index (χ2n) is 5.29. The lowest BCUT2D eigenvalue weighted by molar-refractivity contribution is 0.425. The molecule has 2 N–H and O–H groups in total. The summed E-state index contributed by atoms with van der Waals surface area (Å²) in [5.41, 5.74) is 6.10. The van der Waals surface area contributed by atoms with Crippen molar-refractivity contribution in [1.82, 2.24) is 4.90 Å². The van der Waals surface area contributed by atoms with E-state index in [9.17, 15) is 0 Å². The molecule has 2 rings (SSSR count). The molecule has 0 radical (unpaired) electrons. The van der Waals surface area contributed by atoms with E-state index >= 15 is 0 Å². The minimum absolute atomic E-state index is 0.509. The molecule has 16 heavy (non-hydrogen) atoms. The largest absolute Gasteiger partial charge is 0.370 e. The number of hydrogen-bond acceptors (Lipinski definition) is 1. The molecule has 1 saturated heterocycles. The van der Waals surface area contributed by atoms with Gasteiger partial charge in [-0.25, -0.2) is 4.99 Å². The van der Waals surface area contributed by atoms with E-state index in [2.05, 4.69) is 11.8 Å². The average molecular weight is 223 g/mol. The van der Waals surface area contributed by atoms with Crippen molar-refractivity contribution in [3.8, 4) is 0 Å². The SMILES string of the molecule is CCC1CCN(C(N)=NC2CCCCC2)C1. The monoisotopic (exact) mass is 223 g/mol. The molecule has 0 spiro atoms. The van der Waals surface area contributed by atoms with Gasteiger partial charge in [-0.15, -0.1) is 0 Å². The highest BCUT2D eigenvalue weighted by molar-refractivity contribution is 5.78. The molecule has 1 saturated carbocycles. The predicted molar refractivity (Wildman–Crippen MR) is 68.5 cm³/mol. The molecule has 3 heteroatoms. The Morgan fingerprint density at radius 3 is 2.62 bits per heavy atom. The van der Waals surface area contributed by atoms with Crippen molar-refractivity contribution in [3.63, 3.8) is 0 Å². The van der Waals surface area contributed by atoms with Crippen LogP contribution in [-0.4, -0.2) is 30.0 Å². The lowest BCUT2D eigenvalue weighted by Gasteiger charge is -2.22. The first-order valence-electron chi connectivity index (χ1n) is 6.87. The van der Waals surface area contributed by atoms with Gasteiger partial charge in [0.1, 0.15) is 0 Å². The molecular weight excluding hydrogens is 198 g/mol. The van der Waals surface area contributed by atoms with Crippen LogP contribution in [0.1, 0.15) is 51.9 Å². The van der Waals surface area contributed by atoms with Gasteiger partial charge < -0.3 is 10.6 Å². The Morgan fingerprint density at radius 2 is 2.00 bits per heavy atom. The Bertz CT molecular complexity index is 244. The maximum atomic E-state index is 6.10. The van der Waals surface area contributed by atoms with E-state index in [4.69, 9.17) is 10.7 Å². The van der Waals surface area contributed by atoms with Crippen molar-refractivity contribution < 1.29 is 0 Å². The van der Waals surface area contributed by atoms with E-state index in [1.165, 1.54) is 44.9 Å². The molecule has 92 valence electrons. The van der Waals surface area contributed by atoms with Crippen molar-refractivity contribution in [2.45, 2.75) is 57.9 Å². The van der Waals surface area contributed by atoms with Gasteiger partial charge in [-0.2, -0.15) is 0 Å². The third-order valence-electron chi connectivity index (χ3n) is 4.08. The van der Waals surface area contributed by atoms with Gasteiger partial charge in [0, 0.05) is 13.1 Å². The smallest absolute Gasteiger partial charge is 0.191 e. The maximum Gasteiger partial charge on any atom is 0.191 e. The molecule has 1 atom stereocenters. The number of nitrogens with two attached hydrogens (primary N) is 1. The van der Waals surface area contributed by atoms with Crippen LogP contribution in [0, 0.1) is 5.92 Å². The summed E-state index contributed by atoms with van der Waals surface area (Å²) in [6.45, 7) is 4.50. The van der Waals surface area contributed by atoms with Gasteiger partial charge >= 0.3 is 0 Å². The molecular formula is C13H25N3. The molecule has 0 bridgehead atoms. The second kappa shape index (κ2) is 5.55. The Balaban J connectivity index is 1.86. The summed E-state index contributed by atoms with van der Waals surface area (Å²) in [7, 11) is 0. The van der Waals surface area contributed by atoms with Crippen molar-refractivity contribution in [2.24, 2.45) is 16.6 Å². The van der Waals surface area contributed by atoms with Crippen molar-refractivity contribution in [3.05, 3.63) is 0 Å². The van der Waals surface area contributed by atoms with Crippen molar-refractivity contribution in [1.29, 1.82) is 0 Å². The van der Waals surface area contributed by atoms with Crippen LogP contribution < -0.4 is 5.73 Å². The number of aliphatic imine (C=N–C) groups is 1. The third kappa shape index (κ3) is 2.89. The van der Waals surface area contributed by atoms with Gasteiger partial charge in [-0.1, -0.05) is 32.6 Å². The number of nitrogens with zero attached hydrogens (tertiary/aromatic N) is 2. The van der Waals surface area contributed by atoms with Crippen LogP contribution in [0.4, 0.5) is 0 Å². The molecule has 0 aromatic carbocycles. The van der Waals surface area contributed by atoms with E-state index in [0.717, 1.165) is 25.0 Å². The molecule has 1 aliphatic carbocycles. The minimum Gasteiger partial charge on any atom is -0.370 e. The fourth-order valence-electron chi connectivity index (χ4n) is 2.85. The summed E-state index contributed by atoms with van der Waals surface area (Å²) in [6, 6.07) is 0.509. The number of rotatable bonds is 2. The van der Waals surface area contributed by atoms with Gasteiger partial charge in [-0.05, 0) is 25.2 Å². The summed E-state index contributed by atoms with van der Waals surface area (Å²) in [5, 5.41) is 0. The minimum atomic E-state index is 0.509. The lowest BCUT2D eigenvalue weighted by Crippen LogP contribution is -2.36. The highest BCUT2D eigenvalue weighted by atomic mass is 15.3. The summed E-state index contributed by atoms with van der Waals surface area (Å²) in [6.07, 6.45) is 9.09. The van der Waals surface area contributed by atoms with Crippen LogP contribution in [-0.2, 0) is 0 Å². The van der Waals surface area contributed by atoms with E-state index < -0.39 is 0 Å². The zero-order valence-electron chi connectivity index (χ0n) is 10.5. The van der Waals surface area contributed by atoms with Crippen molar-refractivity contribution >= 4 is 5.96 Å². The summed E-state index contributed by atoms with van der Waals surface area (Å²) in [4.78, 5) is 6.99. The summed E-state index contributed by atoms with van der Waals surface area (Å²) in [5.74, 6) is 1.64. The Kier molecular flexibility index (Phi) is 4.08. The molecule has 1 unspecified atom stereocenters. The highest BCUT2D eigenvalue weighted by Crippen LogP contribution is 2.22. The number of hydrogen-bond donors (Lipinski definition) is 1. The molecule has 1 heterocycles. The first-order valence-corrected chi connectivity index (χ1v) is 6.87. The van der Waals surface area contributed by atoms with E-state index in [1.54, 1.807) is 0 Å². The van der Waals surface area contributed by atoms with Crippen LogP contribution in [0.15, 0.2) is 4.99 Å². The van der Waals surface area contributed by atoms with Crippen LogP contribution in [0.2, 0.25) is 0 Å². The first kappa shape index (κ1) is 11.7. The van der Waals surface area contributed by atoms with Gasteiger partial charge in [0.2, 0.25) is 0 Å². The quantitative estimate of drug-likeness (QED) is 0.577. The van der Waals surface area contributed by atoms with E-state index in [0.29, 0.717) is 6.04 Å². The van der Waals surface area contributed by atoms with Crippen LogP contribution >= 0.6 is 0 Å². The van der Waals surface area contributed by atoms with Gasteiger partial charge in [0.25, 0.3) is 0 Å². The highest BCUT2D eigenvalue weighted by Gasteiger charge is 2.23. The van der Waals surface area contributed by atoms with Crippen molar-refractivity contribution in [2.75, 3.05) is 13.1 Å². The molecule has 0 aromatic rings. The molecule has 1 aliphatic heterocycles. The molecule has 0 amide bonds. The second-order valence-corrected chi connectivity index (χ2v) is 5.29. The summed E-state index contributed by atoms with van der Waals surface area (Å²) >= 11 is 0. The number of likely N-dealkylation sites (tertiary alicyclic amines) is 1. The van der Waals surface area contributed by atoms with Crippen LogP contribution in [0.3, 0.4) is 0 Å². The van der Waals surface area contributed by atoms with Gasteiger partial charge in [-0.3, -0.25) is 0 Å². The van der Waals surface area contributed by atoms with Gasteiger partial charge in [0.05, 0.1) is 6.04 Å². The molecule has 3 nitrogen and oxygen atoms in total. The fraction of sp³-hybridized carbons (Fsp3) is 0.923. The van der Waals surface area contributed by atoms with E-state index in [1.807, 2.05) is 0 Å². The standard InChI is InChI=1S/C13H25N3/c1-2-11-8-9-16(10-11)13(14)15-12-6-4-3-5-7-12/h11-12H,2-10H2,1H3,(H2,14,15). The van der Waals surface area contributed by atoms with E-state index in [-0.39, 0.29) is 0 Å². The van der Waals surface area contributed by atoms with Crippen LogP contribution in [0.5, 0.6) is 0 Å². The first-order chi connectivity index (χ1) is 7.79.